The molecule has 0 atom stereocenters. The number of aromatic nitrogens is 1. The van der Waals surface area contributed by atoms with Gasteiger partial charge in [0.25, 0.3) is 0 Å². The first-order chi connectivity index (χ1) is 16.2. The van der Waals surface area contributed by atoms with Crippen LogP contribution in [0.5, 0.6) is 5.75 Å². The Labute approximate surface area is 192 Å². The highest BCUT2D eigenvalue weighted by atomic mass is 19.4. The summed E-state index contributed by atoms with van der Waals surface area (Å²) in [4.78, 5) is 15.6. The van der Waals surface area contributed by atoms with E-state index in [1.807, 2.05) is 0 Å². The van der Waals surface area contributed by atoms with E-state index >= 15 is 0 Å². The van der Waals surface area contributed by atoms with Gasteiger partial charge >= 0.3 is 12.1 Å². The fourth-order valence-corrected chi connectivity index (χ4v) is 3.55. The second kappa shape index (κ2) is 9.35. The second-order valence-corrected chi connectivity index (χ2v) is 7.38. The molecule has 4 rings (SSSR count). The van der Waals surface area contributed by atoms with Crippen LogP contribution in [0.15, 0.2) is 85.1 Å². The molecule has 0 fully saturated rings. The van der Waals surface area contributed by atoms with Crippen LogP contribution in [0.1, 0.15) is 21.5 Å². The fourth-order valence-electron chi connectivity index (χ4n) is 3.55. The van der Waals surface area contributed by atoms with Crippen molar-refractivity contribution in [2.75, 3.05) is 0 Å². The van der Waals surface area contributed by atoms with Gasteiger partial charge in [0.05, 0.1) is 16.8 Å². The predicted molar refractivity (Wildman–Crippen MR) is 118 cm³/mol. The van der Waals surface area contributed by atoms with Gasteiger partial charge in [-0.1, -0.05) is 36.4 Å². The lowest BCUT2D eigenvalue weighted by atomic mass is 9.98. The van der Waals surface area contributed by atoms with Crippen LogP contribution in [0.3, 0.4) is 0 Å². The van der Waals surface area contributed by atoms with Gasteiger partial charge in [0.1, 0.15) is 18.2 Å². The number of aromatic carboxylic acids is 1. The molecule has 8 heteroatoms. The molecule has 0 aliphatic rings. The van der Waals surface area contributed by atoms with Crippen molar-refractivity contribution in [1.29, 1.82) is 0 Å². The Balaban J connectivity index is 1.61. The van der Waals surface area contributed by atoms with Crippen LogP contribution in [-0.2, 0) is 12.8 Å². The minimum atomic E-state index is -4.72. The first-order valence-corrected chi connectivity index (χ1v) is 10.1. The van der Waals surface area contributed by atoms with Gasteiger partial charge in [-0.25, -0.2) is 9.18 Å². The second-order valence-electron chi connectivity index (χ2n) is 7.38. The molecule has 0 amide bonds. The Kier molecular flexibility index (Phi) is 6.32. The van der Waals surface area contributed by atoms with E-state index < -0.39 is 23.5 Å². The molecule has 0 bridgehead atoms. The van der Waals surface area contributed by atoms with Gasteiger partial charge in [0.2, 0.25) is 0 Å². The highest BCUT2D eigenvalue weighted by Gasteiger charge is 2.34. The Morgan fingerprint density at radius 2 is 1.71 bits per heavy atom. The molecule has 0 unspecified atom stereocenters. The summed E-state index contributed by atoms with van der Waals surface area (Å²) in [7, 11) is 0. The number of nitrogens with zero attached hydrogens (tertiary/aromatic N) is 1. The zero-order chi connectivity index (χ0) is 24.3. The molecule has 3 aromatic carbocycles. The molecule has 34 heavy (non-hydrogen) atoms. The number of benzene rings is 3. The van der Waals surface area contributed by atoms with Gasteiger partial charge in [0.15, 0.2) is 0 Å². The first-order valence-electron chi connectivity index (χ1n) is 10.1. The maximum Gasteiger partial charge on any atom is 0.417 e. The Hall–Kier alpha value is -4.20. The van der Waals surface area contributed by atoms with Crippen molar-refractivity contribution >= 4 is 5.97 Å². The number of carboxylic acid groups (broad SMARTS) is 1. The van der Waals surface area contributed by atoms with Gasteiger partial charge in [0, 0.05) is 17.3 Å². The standard InChI is InChI=1S/C26H17F4NO3/c27-23-9-2-1-7-20(23)19-11-10-18(14-22(19)26(28,29)30)34-15-16-5-3-6-17(13-16)24-21(25(32)33)8-4-12-31-24/h1-14H,15H2,(H,32,33). The summed E-state index contributed by atoms with van der Waals surface area (Å²) in [6.45, 7) is -0.0700. The van der Waals surface area contributed by atoms with Gasteiger partial charge in [-0.15, -0.1) is 0 Å². The molecule has 1 aromatic heterocycles. The van der Waals surface area contributed by atoms with E-state index in [1.54, 1.807) is 24.3 Å². The predicted octanol–water partition coefficient (Wildman–Crippen LogP) is 6.85. The van der Waals surface area contributed by atoms with E-state index in [4.69, 9.17) is 4.74 Å². The highest BCUT2D eigenvalue weighted by molar-refractivity contribution is 5.94. The molecule has 1 heterocycles. The van der Waals surface area contributed by atoms with E-state index in [2.05, 4.69) is 4.98 Å². The van der Waals surface area contributed by atoms with E-state index in [0.29, 0.717) is 11.1 Å². The smallest absolute Gasteiger partial charge is 0.417 e. The lowest BCUT2D eigenvalue weighted by molar-refractivity contribution is -0.137. The third kappa shape index (κ3) is 4.91. The van der Waals surface area contributed by atoms with Crippen LogP contribution in [0.2, 0.25) is 0 Å². The van der Waals surface area contributed by atoms with Crippen LogP contribution in [-0.4, -0.2) is 16.1 Å². The van der Waals surface area contributed by atoms with Gasteiger partial charge in [-0.05, 0) is 53.6 Å². The molecule has 0 saturated carbocycles. The molecular formula is C26H17F4NO3. The lowest BCUT2D eigenvalue weighted by Crippen LogP contribution is -2.08. The summed E-state index contributed by atoms with van der Waals surface area (Å²) in [5, 5.41) is 9.38. The van der Waals surface area contributed by atoms with Crippen molar-refractivity contribution in [1.82, 2.24) is 4.98 Å². The summed E-state index contributed by atoms with van der Waals surface area (Å²) in [5.74, 6) is -1.92. The SMILES string of the molecule is O=C(O)c1cccnc1-c1cccc(COc2ccc(-c3ccccc3F)c(C(F)(F)F)c2)c1. The minimum Gasteiger partial charge on any atom is -0.489 e. The topological polar surface area (TPSA) is 59.4 Å². The largest absolute Gasteiger partial charge is 0.489 e. The van der Waals surface area contributed by atoms with E-state index in [-0.39, 0.29) is 34.7 Å². The minimum absolute atomic E-state index is 0.0270. The average molecular weight is 467 g/mol. The zero-order valence-electron chi connectivity index (χ0n) is 17.5. The monoisotopic (exact) mass is 467 g/mol. The number of halogens is 4. The maximum absolute atomic E-state index is 14.1. The van der Waals surface area contributed by atoms with Gasteiger partial charge < -0.3 is 9.84 Å². The summed E-state index contributed by atoms with van der Waals surface area (Å²) < 4.78 is 60.9. The first kappa shape index (κ1) is 23.0. The molecule has 4 aromatic rings. The Morgan fingerprint density at radius 1 is 0.912 bits per heavy atom. The normalized spacial score (nSPS) is 11.3. The molecule has 0 aliphatic heterocycles. The van der Waals surface area contributed by atoms with Crippen molar-refractivity contribution < 1.29 is 32.2 Å². The highest BCUT2D eigenvalue weighted by Crippen LogP contribution is 2.40. The molecule has 0 radical (unpaired) electrons. The number of hydrogen-bond acceptors (Lipinski definition) is 3. The molecule has 172 valence electrons. The van der Waals surface area contributed by atoms with Crippen molar-refractivity contribution in [2.45, 2.75) is 12.8 Å². The van der Waals surface area contributed by atoms with E-state index in [1.165, 1.54) is 48.7 Å². The quantitative estimate of drug-likeness (QED) is 0.315. The summed E-state index contributed by atoms with van der Waals surface area (Å²) >= 11 is 0. The molecule has 4 nitrogen and oxygen atoms in total. The summed E-state index contributed by atoms with van der Waals surface area (Å²) in [6.07, 6.45) is -3.25. The van der Waals surface area contributed by atoms with Crippen LogP contribution in [0.4, 0.5) is 17.6 Å². The Morgan fingerprint density at radius 3 is 2.44 bits per heavy atom. The number of carbonyl (C=O) groups is 1. The molecule has 0 aliphatic carbocycles. The van der Waals surface area contributed by atoms with Gasteiger partial charge in [-0.3, -0.25) is 4.98 Å². The van der Waals surface area contributed by atoms with Crippen LogP contribution >= 0.6 is 0 Å². The third-order valence-electron chi connectivity index (χ3n) is 5.10. The number of pyridine rings is 1. The number of hydrogen-bond donors (Lipinski definition) is 1. The Bertz CT molecular complexity index is 1350. The van der Waals surface area contributed by atoms with Crippen molar-refractivity contribution in [2.24, 2.45) is 0 Å². The summed E-state index contributed by atoms with van der Waals surface area (Å²) in [5.41, 5.74) is -0.0146. The lowest BCUT2D eigenvalue weighted by Gasteiger charge is -2.16. The van der Waals surface area contributed by atoms with Gasteiger partial charge in [-0.2, -0.15) is 13.2 Å². The fraction of sp³-hybridized carbons (Fsp3) is 0.0769. The number of carboxylic acids is 1. The summed E-state index contributed by atoms with van der Waals surface area (Å²) in [6, 6.07) is 18.3. The van der Waals surface area contributed by atoms with Crippen LogP contribution in [0, 0.1) is 5.82 Å². The maximum atomic E-state index is 14.1. The zero-order valence-corrected chi connectivity index (χ0v) is 17.5. The van der Waals surface area contributed by atoms with Crippen molar-refractivity contribution in [3.8, 4) is 28.1 Å². The van der Waals surface area contributed by atoms with E-state index in [0.717, 1.165) is 12.1 Å². The molecular weight excluding hydrogens is 450 g/mol. The molecule has 1 N–H and O–H groups in total. The van der Waals surface area contributed by atoms with E-state index in [9.17, 15) is 27.5 Å². The molecule has 0 saturated heterocycles. The average Bonchev–Trinajstić information content (AvgIpc) is 2.82. The number of rotatable bonds is 6. The van der Waals surface area contributed by atoms with Crippen LogP contribution in [0.25, 0.3) is 22.4 Å². The third-order valence-corrected chi connectivity index (χ3v) is 5.10. The van der Waals surface area contributed by atoms with Crippen molar-refractivity contribution in [3.63, 3.8) is 0 Å². The van der Waals surface area contributed by atoms with Crippen molar-refractivity contribution in [3.05, 3.63) is 108 Å². The molecule has 0 spiro atoms. The number of alkyl halides is 3. The van der Waals surface area contributed by atoms with Crippen LogP contribution < -0.4 is 4.74 Å². The number of ether oxygens (including phenoxy) is 1.